The molecule has 0 saturated carbocycles. The zero-order valence-electron chi connectivity index (χ0n) is 20.3. The third-order valence-electron chi connectivity index (χ3n) is 6.11. The van der Waals surface area contributed by atoms with Gasteiger partial charge in [-0.1, -0.05) is 12.1 Å². The zero-order valence-corrected chi connectivity index (χ0v) is 20.3. The molecule has 2 aromatic carbocycles. The minimum absolute atomic E-state index is 0.0457. The summed E-state index contributed by atoms with van der Waals surface area (Å²) in [4.78, 5) is 18.7. The van der Waals surface area contributed by atoms with Crippen molar-refractivity contribution in [2.75, 3.05) is 32.1 Å². The standard InChI is InChI=1S/C28H29N3O3/c1-6-31-18(3)25(20-11-8-9-13-23(20)31)26(27-22(28(32)33)12-10-16-29-27)21-15-14-19(30(4)5)17-24(21)34-7-2/h8-17H,6-7H2,1-5H3. The van der Waals surface area contributed by atoms with Crippen molar-refractivity contribution in [1.82, 2.24) is 4.98 Å². The summed E-state index contributed by atoms with van der Waals surface area (Å²) in [5.41, 5.74) is 7.00. The number of carboxylic acid groups (broad SMARTS) is 1. The molecule has 0 spiro atoms. The Kier molecular flexibility index (Phi) is 6.50. The predicted molar refractivity (Wildman–Crippen MR) is 134 cm³/mol. The van der Waals surface area contributed by atoms with Gasteiger partial charge in [0.25, 0.3) is 0 Å². The minimum Gasteiger partial charge on any atom is -0.545 e. The van der Waals surface area contributed by atoms with E-state index in [0.717, 1.165) is 45.9 Å². The second-order valence-electron chi connectivity index (χ2n) is 8.29. The van der Waals surface area contributed by atoms with Gasteiger partial charge < -0.3 is 19.5 Å². The van der Waals surface area contributed by atoms with Crippen LogP contribution in [0.15, 0.2) is 60.8 Å². The van der Waals surface area contributed by atoms with Crippen molar-refractivity contribution in [2.45, 2.75) is 20.8 Å². The van der Waals surface area contributed by atoms with Crippen molar-refractivity contribution in [2.24, 2.45) is 0 Å². The summed E-state index contributed by atoms with van der Waals surface area (Å²) in [6.07, 6.45) is 1.62. The number of hydrogen-bond donors (Lipinski definition) is 0. The van der Waals surface area contributed by atoms with Gasteiger partial charge in [0, 0.05) is 61.7 Å². The number of carbonyl (C=O) groups excluding carboxylic acids is 1. The van der Waals surface area contributed by atoms with E-state index in [2.05, 4.69) is 35.5 Å². The quantitative estimate of drug-likeness (QED) is 0.504. The topological polar surface area (TPSA) is 68.5 Å². The maximum Gasteiger partial charge on any atom is 0.213 e. The molecule has 0 aliphatic carbocycles. The number of fused-ring (bicyclic) bond motifs is 1. The maximum atomic E-state index is 12.1. The highest BCUT2D eigenvalue weighted by atomic mass is 16.5. The maximum absolute atomic E-state index is 12.1. The molecule has 0 amide bonds. The number of ether oxygens (including phenoxy) is 1. The number of nitrogens with zero attached hydrogens (tertiary/aromatic N) is 3. The first-order valence-corrected chi connectivity index (χ1v) is 11.4. The summed E-state index contributed by atoms with van der Waals surface area (Å²) >= 11 is 0. The molecule has 34 heavy (non-hydrogen) atoms. The Bertz CT molecular complexity index is 1320. The van der Waals surface area contributed by atoms with Crippen LogP contribution in [0.1, 0.15) is 48.0 Å². The lowest BCUT2D eigenvalue weighted by Crippen LogP contribution is -2.24. The van der Waals surface area contributed by atoms with Gasteiger partial charge in [0.1, 0.15) is 12.3 Å². The molecule has 0 saturated heterocycles. The molecule has 0 atom stereocenters. The van der Waals surface area contributed by atoms with Gasteiger partial charge in [-0.2, -0.15) is 4.58 Å². The number of aromatic carboxylic acids is 1. The van der Waals surface area contributed by atoms with Crippen LogP contribution in [0.4, 0.5) is 11.4 Å². The molecule has 1 aliphatic rings. The fourth-order valence-electron chi connectivity index (χ4n) is 4.57. The van der Waals surface area contributed by atoms with E-state index < -0.39 is 5.97 Å². The Morgan fingerprint density at radius 1 is 1.06 bits per heavy atom. The molecule has 3 aromatic rings. The fraction of sp³-hybridized carbons (Fsp3) is 0.250. The third kappa shape index (κ3) is 3.96. The minimum atomic E-state index is -1.26. The predicted octanol–water partition coefficient (Wildman–Crippen LogP) is 4.01. The first-order valence-electron chi connectivity index (χ1n) is 11.4. The number of allylic oxidation sites excluding steroid dienone is 1. The number of aromatic nitrogens is 1. The van der Waals surface area contributed by atoms with Gasteiger partial charge >= 0.3 is 0 Å². The van der Waals surface area contributed by atoms with E-state index in [1.54, 1.807) is 18.3 Å². The van der Waals surface area contributed by atoms with Crippen molar-refractivity contribution in [3.05, 3.63) is 83.2 Å². The molecule has 2 heterocycles. The van der Waals surface area contributed by atoms with Crippen molar-refractivity contribution in [3.63, 3.8) is 0 Å². The highest BCUT2D eigenvalue weighted by molar-refractivity contribution is 6.32. The Morgan fingerprint density at radius 3 is 2.50 bits per heavy atom. The number of pyridine rings is 1. The average Bonchev–Trinajstić information content (AvgIpc) is 3.11. The molecule has 0 bridgehead atoms. The van der Waals surface area contributed by atoms with E-state index in [1.165, 1.54) is 0 Å². The van der Waals surface area contributed by atoms with Crippen molar-refractivity contribution in [1.29, 1.82) is 0 Å². The molecule has 1 aliphatic heterocycles. The highest BCUT2D eigenvalue weighted by Gasteiger charge is 2.35. The Labute approximate surface area is 200 Å². The molecule has 1 aromatic heterocycles. The number of rotatable bonds is 7. The van der Waals surface area contributed by atoms with Gasteiger partial charge in [0.2, 0.25) is 5.69 Å². The van der Waals surface area contributed by atoms with E-state index >= 15 is 0 Å². The summed E-state index contributed by atoms with van der Waals surface area (Å²) in [5.74, 6) is -0.591. The van der Waals surface area contributed by atoms with Crippen LogP contribution in [0.2, 0.25) is 0 Å². The zero-order chi connectivity index (χ0) is 24.4. The molecule has 6 nitrogen and oxygen atoms in total. The first-order chi connectivity index (χ1) is 16.4. The van der Waals surface area contributed by atoms with Crippen LogP contribution < -0.4 is 14.7 Å². The number of anilines is 1. The van der Waals surface area contributed by atoms with Crippen LogP contribution >= 0.6 is 0 Å². The Morgan fingerprint density at radius 2 is 1.82 bits per heavy atom. The van der Waals surface area contributed by atoms with Crippen LogP contribution in [0, 0.1) is 0 Å². The SMILES string of the molecule is CCOc1cc(N(C)C)ccc1/C(=C1/C(C)=[N+](CC)c2ccccc21)c1ncccc1C(=O)[O-]. The van der Waals surface area contributed by atoms with E-state index in [4.69, 9.17) is 4.74 Å². The number of hydrogen-bond acceptors (Lipinski definition) is 5. The van der Waals surface area contributed by atoms with Crippen LogP contribution in [-0.2, 0) is 0 Å². The summed E-state index contributed by atoms with van der Waals surface area (Å²) in [6, 6.07) is 17.3. The number of carboxylic acids is 1. The summed E-state index contributed by atoms with van der Waals surface area (Å²) < 4.78 is 8.33. The van der Waals surface area contributed by atoms with Crippen LogP contribution in [0.3, 0.4) is 0 Å². The number of para-hydroxylation sites is 1. The summed E-state index contributed by atoms with van der Waals surface area (Å²) in [5, 5.41) is 12.1. The van der Waals surface area contributed by atoms with E-state index in [9.17, 15) is 9.90 Å². The lowest BCUT2D eigenvalue weighted by Gasteiger charge is -2.21. The normalized spacial score (nSPS) is 14.1. The number of carbonyl (C=O) groups is 1. The Balaban J connectivity index is 2.17. The monoisotopic (exact) mass is 455 g/mol. The van der Waals surface area contributed by atoms with Gasteiger partial charge in [-0.15, -0.1) is 0 Å². The van der Waals surface area contributed by atoms with Crippen molar-refractivity contribution in [3.8, 4) is 5.75 Å². The molecule has 0 N–H and O–H groups in total. The van der Waals surface area contributed by atoms with Gasteiger partial charge in [0.15, 0.2) is 5.71 Å². The first kappa shape index (κ1) is 23.2. The molecular weight excluding hydrogens is 426 g/mol. The van der Waals surface area contributed by atoms with Crippen LogP contribution in [0.5, 0.6) is 5.75 Å². The lowest BCUT2D eigenvalue weighted by molar-refractivity contribution is -0.432. The third-order valence-corrected chi connectivity index (χ3v) is 6.11. The largest absolute Gasteiger partial charge is 0.545 e. The molecule has 0 unspecified atom stereocenters. The second kappa shape index (κ2) is 9.51. The lowest BCUT2D eigenvalue weighted by atomic mass is 9.88. The summed E-state index contributed by atoms with van der Waals surface area (Å²) in [6.45, 7) is 7.37. The molecular formula is C28H29N3O3. The summed E-state index contributed by atoms with van der Waals surface area (Å²) in [7, 11) is 3.95. The Hall–Kier alpha value is -3.93. The smallest absolute Gasteiger partial charge is 0.213 e. The average molecular weight is 456 g/mol. The molecule has 174 valence electrons. The van der Waals surface area contributed by atoms with Crippen LogP contribution in [0.25, 0.3) is 11.1 Å². The van der Waals surface area contributed by atoms with Gasteiger partial charge in [-0.3, -0.25) is 4.98 Å². The molecule has 0 radical (unpaired) electrons. The van der Waals surface area contributed by atoms with Crippen molar-refractivity contribution < 1.29 is 19.2 Å². The number of benzene rings is 2. The molecule has 0 fully saturated rings. The van der Waals surface area contributed by atoms with E-state index in [1.807, 2.05) is 56.3 Å². The molecule has 4 rings (SSSR count). The van der Waals surface area contributed by atoms with Gasteiger partial charge in [-0.05, 0) is 44.2 Å². The van der Waals surface area contributed by atoms with Crippen molar-refractivity contribution >= 4 is 34.2 Å². The van der Waals surface area contributed by atoms with Gasteiger partial charge in [-0.25, -0.2) is 0 Å². The van der Waals surface area contributed by atoms with Crippen LogP contribution in [-0.4, -0.2) is 48.5 Å². The van der Waals surface area contributed by atoms with Gasteiger partial charge in [0.05, 0.1) is 29.4 Å². The fourth-order valence-corrected chi connectivity index (χ4v) is 4.57. The van der Waals surface area contributed by atoms with E-state index in [0.29, 0.717) is 18.1 Å². The highest BCUT2D eigenvalue weighted by Crippen LogP contribution is 2.44. The molecule has 6 heteroatoms. The second-order valence-corrected chi connectivity index (χ2v) is 8.29. The van der Waals surface area contributed by atoms with E-state index in [-0.39, 0.29) is 5.56 Å².